The van der Waals surface area contributed by atoms with Gasteiger partial charge < -0.3 is 5.11 Å². The first-order valence-corrected chi connectivity index (χ1v) is 3.49. The summed E-state index contributed by atoms with van der Waals surface area (Å²) in [6.45, 7) is 1.25. The van der Waals surface area contributed by atoms with Gasteiger partial charge >= 0.3 is 0 Å². The highest BCUT2D eigenvalue weighted by atomic mass is 16.6. The Labute approximate surface area is 75.3 Å². The number of carbonyl (C=O) groups is 1. The molecule has 0 aliphatic carbocycles. The van der Waals surface area contributed by atoms with E-state index in [1.807, 2.05) is 0 Å². The van der Waals surface area contributed by atoms with E-state index in [2.05, 4.69) is 5.11 Å². The Bertz CT molecular complexity index is 391. The molecular weight excluding hydrogens is 174 g/mol. The van der Waals surface area contributed by atoms with Crippen molar-refractivity contribution in [2.24, 2.45) is 0 Å². The summed E-state index contributed by atoms with van der Waals surface area (Å²) in [5, 5.41) is 14.5. The van der Waals surface area contributed by atoms with Crippen molar-refractivity contribution in [3.63, 3.8) is 0 Å². The standard InChI is InChI=1S/C8H7NO4/c1-5(10)7-4-6(9(12)13)2-3-8(7)11/h2-4,11H,1H3/i/hD. The molecule has 5 nitrogen and oxygen atoms in total. The van der Waals surface area contributed by atoms with Crippen LogP contribution in [-0.2, 0) is 0 Å². The Morgan fingerprint density at radius 1 is 1.69 bits per heavy atom. The van der Waals surface area contributed by atoms with Crippen molar-refractivity contribution in [2.75, 3.05) is 0 Å². The van der Waals surface area contributed by atoms with Crippen LogP contribution in [0.25, 0.3) is 0 Å². The number of ketones is 1. The van der Waals surface area contributed by atoms with E-state index in [-0.39, 0.29) is 22.8 Å². The summed E-state index contributed by atoms with van der Waals surface area (Å²) in [4.78, 5) is 20.8. The van der Waals surface area contributed by atoms with Crippen molar-refractivity contribution in [3.05, 3.63) is 33.9 Å². The van der Waals surface area contributed by atoms with Gasteiger partial charge in [0.25, 0.3) is 7.12 Å². The van der Waals surface area contributed by atoms with E-state index in [0.717, 1.165) is 6.07 Å². The minimum Gasteiger partial charge on any atom is -0.507 e. The molecule has 68 valence electrons. The zero-order valence-electron chi connectivity index (χ0n) is 7.81. The lowest BCUT2D eigenvalue weighted by atomic mass is 10.1. The SMILES string of the molecule is [2H]Oc1ccc([N+](=O)[O-])cc1C(C)=O. The summed E-state index contributed by atoms with van der Waals surface area (Å²) < 4.78 is 6.63. The van der Waals surface area contributed by atoms with Gasteiger partial charge in [-0.05, 0) is 13.0 Å². The predicted molar refractivity (Wildman–Crippen MR) is 44.8 cm³/mol. The maximum Gasteiger partial charge on any atom is 0.293 e. The number of aromatic hydroxyl groups is 1. The molecule has 0 atom stereocenters. The Hall–Kier alpha value is -1.91. The number of nitrogens with zero attached hydrogens (tertiary/aromatic N) is 1. The van der Waals surface area contributed by atoms with Gasteiger partial charge in [-0.2, -0.15) is 0 Å². The number of nitro groups is 1. The summed E-state index contributed by atoms with van der Waals surface area (Å²) in [6.07, 6.45) is 0. The lowest BCUT2D eigenvalue weighted by molar-refractivity contribution is -0.384. The summed E-state index contributed by atoms with van der Waals surface area (Å²) in [5.41, 5.74) is -0.162. The second-order valence-electron chi connectivity index (χ2n) is 2.49. The van der Waals surface area contributed by atoms with Gasteiger partial charge in [0.05, 0.1) is 10.5 Å². The van der Waals surface area contributed by atoms with Crippen molar-refractivity contribution in [3.8, 4) is 5.75 Å². The van der Waals surface area contributed by atoms with Crippen LogP contribution in [0.1, 0.15) is 17.3 Å². The van der Waals surface area contributed by atoms with Gasteiger partial charge in [0.2, 0.25) is 0 Å². The summed E-state index contributed by atoms with van der Waals surface area (Å²) >= 11 is 0. The van der Waals surface area contributed by atoms with Gasteiger partial charge in [-0.1, -0.05) is 0 Å². The first-order valence-electron chi connectivity index (χ1n) is 3.89. The molecule has 0 fully saturated rings. The fourth-order valence-electron chi connectivity index (χ4n) is 0.907. The average molecular weight is 182 g/mol. The van der Waals surface area contributed by atoms with Gasteiger partial charge in [0.1, 0.15) is 5.75 Å². The summed E-state index contributed by atoms with van der Waals surface area (Å²) in [5.74, 6) is -0.362. The molecule has 0 heterocycles. The van der Waals surface area contributed by atoms with Crippen LogP contribution in [0.4, 0.5) is 5.69 Å². The Morgan fingerprint density at radius 2 is 2.38 bits per heavy atom. The normalized spacial score (nSPS) is 10.4. The monoisotopic (exact) mass is 182 g/mol. The number of Topliss-reactive ketones (excluding diaryl/α,β-unsaturated/α-hetero) is 1. The molecule has 1 aromatic rings. The predicted octanol–water partition coefficient (Wildman–Crippen LogP) is 1.50. The second-order valence-corrected chi connectivity index (χ2v) is 2.49. The molecule has 0 aromatic heterocycles. The lowest BCUT2D eigenvalue weighted by Gasteiger charge is -1.98. The number of non-ortho nitro benzene ring substituents is 1. The molecule has 0 bridgehead atoms. The van der Waals surface area contributed by atoms with Gasteiger partial charge in [-0.25, -0.2) is 0 Å². The van der Waals surface area contributed by atoms with E-state index < -0.39 is 4.92 Å². The minimum atomic E-state index is -0.611. The molecule has 1 N–H and O–H groups in total. The number of benzene rings is 1. The van der Waals surface area contributed by atoms with Crippen LogP contribution in [0.3, 0.4) is 0 Å². The van der Waals surface area contributed by atoms with Crippen LogP contribution in [0, 0.1) is 10.1 Å². The number of carbonyl (C=O) groups excluding carboxylic acids is 1. The fraction of sp³-hybridized carbons (Fsp3) is 0.125. The van der Waals surface area contributed by atoms with Gasteiger partial charge in [0, 0.05) is 12.1 Å². The fourth-order valence-corrected chi connectivity index (χ4v) is 0.907. The molecule has 0 aliphatic rings. The van der Waals surface area contributed by atoms with E-state index in [1.165, 1.54) is 19.1 Å². The molecular formula is C8H7NO4. The molecule has 1 aromatic carbocycles. The van der Waals surface area contributed by atoms with Gasteiger partial charge in [0.15, 0.2) is 5.78 Å². The van der Waals surface area contributed by atoms with Crippen LogP contribution < -0.4 is 0 Å². The molecule has 0 saturated carbocycles. The Kier molecular flexibility index (Phi) is 1.91. The lowest BCUT2D eigenvalue weighted by Crippen LogP contribution is -1.95. The average Bonchev–Trinajstić information content (AvgIpc) is 2.16. The van der Waals surface area contributed by atoms with Crippen molar-refractivity contribution >= 4 is 11.5 Å². The molecule has 5 heteroatoms. The molecule has 13 heavy (non-hydrogen) atoms. The highest BCUT2D eigenvalue weighted by Gasteiger charge is 2.12. The zero-order chi connectivity index (χ0) is 10.7. The molecule has 0 spiro atoms. The van der Waals surface area contributed by atoms with Crippen molar-refractivity contribution in [1.29, 1.82) is 1.43 Å². The number of hydrogen-bond donors (Lipinski definition) is 1. The molecule has 0 amide bonds. The second kappa shape index (κ2) is 3.22. The third-order valence-electron chi connectivity index (χ3n) is 1.55. The van der Waals surface area contributed by atoms with Crippen LogP contribution in [-0.4, -0.2) is 17.2 Å². The molecule has 0 unspecified atom stereocenters. The quantitative estimate of drug-likeness (QED) is 0.436. The Balaban J connectivity index is 3.27. The smallest absolute Gasteiger partial charge is 0.293 e. The van der Waals surface area contributed by atoms with Crippen LogP contribution >= 0.6 is 0 Å². The zero-order valence-corrected chi connectivity index (χ0v) is 6.81. The molecule has 0 saturated heterocycles. The van der Waals surface area contributed by atoms with E-state index in [9.17, 15) is 14.9 Å². The topological polar surface area (TPSA) is 80.4 Å². The van der Waals surface area contributed by atoms with Gasteiger partial charge in [-0.15, -0.1) is 0 Å². The van der Waals surface area contributed by atoms with Gasteiger partial charge in [-0.3, -0.25) is 14.9 Å². The van der Waals surface area contributed by atoms with E-state index in [4.69, 9.17) is 1.43 Å². The first-order chi connectivity index (χ1) is 6.56. The number of rotatable bonds is 3. The van der Waals surface area contributed by atoms with E-state index in [0.29, 0.717) is 0 Å². The van der Waals surface area contributed by atoms with Crippen LogP contribution in [0.2, 0.25) is 0 Å². The molecule has 0 radical (unpaired) electrons. The largest absolute Gasteiger partial charge is 0.507 e. The highest BCUT2D eigenvalue weighted by molar-refractivity contribution is 5.97. The Morgan fingerprint density at radius 3 is 2.85 bits per heavy atom. The van der Waals surface area contributed by atoms with Crippen molar-refractivity contribution in [1.82, 2.24) is 0 Å². The van der Waals surface area contributed by atoms with Crippen LogP contribution in [0.5, 0.6) is 5.75 Å². The minimum absolute atomic E-state index is 0.0168. The third kappa shape index (κ3) is 1.81. The number of phenols is 1. The number of nitro benzene ring substituents is 1. The highest BCUT2D eigenvalue weighted by Crippen LogP contribution is 2.22. The van der Waals surface area contributed by atoms with Crippen molar-refractivity contribution < 1.29 is 14.8 Å². The number of hydrogen-bond acceptors (Lipinski definition) is 4. The first kappa shape index (κ1) is 7.72. The maximum atomic E-state index is 11.0. The molecule has 0 aliphatic heterocycles. The van der Waals surface area contributed by atoms with E-state index in [1.54, 1.807) is 0 Å². The summed E-state index contributed by atoms with van der Waals surface area (Å²) in [6, 6.07) is 3.49. The molecule has 1 rings (SSSR count). The third-order valence-corrected chi connectivity index (χ3v) is 1.55. The van der Waals surface area contributed by atoms with Crippen LogP contribution in [0.15, 0.2) is 18.2 Å². The van der Waals surface area contributed by atoms with E-state index >= 15 is 0 Å². The van der Waals surface area contributed by atoms with Crippen molar-refractivity contribution in [2.45, 2.75) is 6.92 Å². The number of phenolic OH excluding ortho intramolecular Hbond substituents is 1. The summed E-state index contributed by atoms with van der Waals surface area (Å²) in [7, 11) is 0. The maximum absolute atomic E-state index is 11.0.